The topological polar surface area (TPSA) is 94.5 Å². The Balaban J connectivity index is 3.54. The molecular formula is C19H30O7. The summed E-state index contributed by atoms with van der Waals surface area (Å²) in [6.07, 6.45) is 2.71. The van der Waals surface area contributed by atoms with Crippen molar-refractivity contribution in [1.82, 2.24) is 0 Å². The molecule has 0 amide bonds. The van der Waals surface area contributed by atoms with Crippen LogP contribution in [0.2, 0.25) is 0 Å². The summed E-state index contributed by atoms with van der Waals surface area (Å²) in [5.41, 5.74) is -0.251. The second-order valence-electron chi connectivity index (χ2n) is 5.74. The zero-order chi connectivity index (χ0) is 19.5. The van der Waals surface area contributed by atoms with Gasteiger partial charge in [-0.05, 0) is 25.7 Å². The van der Waals surface area contributed by atoms with Crippen molar-refractivity contribution < 1.29 is 34.0 Å². The smallest absolute Gasteiger partial charge is 0.346 e. The number of rotatable bonds is 12. The summed E-state index contributed by atoms with van der Waals surface area (Å²) in [7, 11) is 0. The van der Waals surface area contributed by atoms with E-state index in [4.69, 9.17) is 18.9 Å². The number of carbonyl (C=O) groups excluding carboxylic acids is 1. The van der Waals surface area contributed by atoms with E-state index in [2.05, 4.69) is 0 Å². The van der Waals surface area contributed by atoms with E-state index in [-0.39, 0.29) is 29.4 Å². The SMILES string of the molecule is CCCOC(=O)c1c(O)c(O)c(OCCC)c(OCCC)c1OCCC. The van der Waals surface area contributed by atoms with Gasteiger partial charge >= 0.3 is 5.97 Å². The lowest BCUT2D eigenvalue weighted by molar-refractivity contribution is 0.0494. The van der Waals surface area contributed by atoms with Crippen LogP contribution < -0.4 is 14.2 Å². The third-order valence-corrected chi connectivity index (χ3v) is 3.31. The van der Waals surface area contributed by atoms with E-state index in [0.717, 1.165) is 0 Å². The second-order valence-corrected chi connectivity index (χ2v) is 5.74. The van der Waals surface area contributed by atoms with Crippen LogP contribution in [0.25, 0.3) is 0 Å². The Kier molecular flexibility index (Phi) is 9.47. The molecule has 0 saturated heterocycles. The van der Waals surface area contributed by atoms with Crippen LogP contribution in [-0.4, -0.2) is 42.6 Å². The van der Waals surface area contributed by atoms with Crippen molar-refractivity contribution in [2.45, 2.75) is 53.4 Å². The molecule has 148 valence electrons. The van der Waals surface area contributed by atoms with Gasteiger partial charge in [0.05, 0.1) is 26.4 Å². The number of aromatic hydroxyl groups is 2. The fraction of sp³-hybridized carbons (Fsp3) is 0.632. The third-order valence-electron chi connectivity index (χ3n) is 3.31. The quantitative estimate of drug-likeness (QED) is 0.424. The monoisotopic (exact) mass is 370 g/mol. The normalized spacial score (nSPS) is 10.5. The lowest BCUT2D eigenvalue weighted by Gasteiger charge is -2.21. The maximum Gasteiger partial charge on any atom is 0.346 e. The molecule has 2 N–H and O–H groups in total. The molecule has 0 atom stereocenters. The van der Waals surface area contributed by atoms with E-state index in [1.54, 1.807) is 0 Å². The maximum absolute atomic E-state index is 12.4. The summed E-state index contributed by atoms with van der Waals surface area (Å²) in [6.45, 7) is 8.73. The molecule has 0 aliphatic carbocycles. The maximum atomic E-state index is 12.4. The Morgan fingerprint density at radius 2 is 1.15 bits per heavy atom. The number of phenolic OH excluding ortho intramolecular Hbond substituents is 2. The summed E-state index contributed by atoms with van der Waals surface area (Å²) in [6, 6.07) is 0. The fourth-order valence-electron chi connectivity index (χ4n) is 2.13. The molecule has 7 nitrogen and oxygen atoms in total. The van der Waals surface area contributed by atoms with Gasteiger partial charge in [-0.25, -0.2) is 4.79 Å². The molecule has 1 aromatic carbocycles. The van der Waals surface area contributed by atoms with Gasteiger partial charge in [0.2, 0.25) is 17.2 Å². The molecule has 0 radical (unpaired) electrons. The number of phenols is 2. The molecular weight excluding hydrogens is 340 g/mol. The summed E-state index contributed by atoms with van der Waals surface area (Å²) >= 11 is 0. The van der Waals surface area contributed by atoms with Gasteiger partial charge in [0.1, 0.15) is 0 Å². The minimum absolute atomic E-state index is 0.0304. The van der Waals surface area contributed by atoms with E-state index in [1.807, 2.05) is 27.7 Å². The third kappa shape index (κ3) is 5.34. The minimum atomic E-state index is -0.783. The molecule has 0 aliphatic heterocycles. The molecule has 0 aliphatic rings. The fourth-order valence-corrected chi connectivity index (χ4v) is 2.13. The second kappa shape index (κ2) is 11.3. The van der Waals surface area contributed by atoms with Gasteiger partial charge in [-0.15, -0.1) is 0 Å². The highest BCUT2D eigenvalue weighted by atomic mass is 16.6. The van der Waals surface area contributed by atoms with Gasteiger partial charge in [0.15, 0.2) is 17.1 Å². The Morgan fingerprint density at radius 1 is 0.692 bits per heavy atom. The molecule has 0 spiro atoms. The molecule has 0 heterocycles. The van der Waals surface area contributed by atoms with Gasteiger partial charge in [0, 0.05) is 0 Å². The largest absolute Gasteiger partial charge is 0.503 e. The first-order chi connectivity index (χ1) is 12.5. The van der Waals surface area contributed by atoms with Crippen LogP contribution in [0.3, 0.4) is 0 Å². The van der Waals surface area contributed by atoms with Crippen LogP contribution in [0, 0.1) is 0 Å². The molecule has 0 aromatic heterocycles. The van der Waals surface area contributed by atoms with Crippen molar-refractivity contribution in [3.05, 3.63) is 5.56 Å². The van der Waals surface area contributed by atoms with Gasteiger partial charge in [-0.3, -0.25) is 0 Å². The Bertz CT molecular complexity index is 584. The summed E-state index contributed by atoms with van der Waals surface area (Å²) in [4.78, 5) is 12.4. The minimum Gasteiger partial charge on any atom is -0.503 e. The number of esters is 1. The standard InChI is InChI=1S/C19H30O7/c1-5-9-23-16-13(19(22)26-12-8-4)14(20)15(21)17(24-10-6-2)18(16)25-11-7-3/h20-21H,5-12H2,1-4H3. The predicted molar refractivity (Wildman–Crippen MR) is 97.7 cm³/mol. The van der Waals surface area contributed by atoms with Crippen molar-refractivity contribution in [3.8, 4) is 28.7 Å². The van der Waals surface area contributed by atoms with E-state index in [0.29, 0.717) is 45.5 Å². The lowest BCUT2D eigenvalue weighted by atomic mass is 10.1. The van der Waals surface area contributed by atoms with Gasteiger partial charge in [0.25, 0.3) is 0 Å². The molecule has 0 unspecified atom stereocenters. The van der Waals surface area contributed by atoms with Crippen LogP contribution >= 0.6 is 0 Å². The molecule has 0 bridgehead atoms. The highest BCUT2D eigenvalue weighted by Crippen LogP contribution is 2.53. The molecule has 0 fully saturated rings. The van der Waals surface area contributed by atoms with E-state index >= 15 is 0 Å². The van der Waals surface area contributed by atoms with Crippen LogP contribution in [0.4, 0.5) is 0 Å². The van der Waals surface area contributed by atoms with E-state index in [1.165, 1.54) is 0 Å². The molecule has 0 saturated carbocycles. The van der Waals surface area contributed by atoms with Crippen molar-refractivity contribution in [3.63, 3.8) is 0 Å². The molecule has 26 heavy (non-hydrogen) atoms. The molecule has 7 heteroatoms. The van der Waals surface area contributed by atoms with Crippen LogP contribution in [-0.2, 0) is 4.74 Å². The zero-order valence-corrected chi connectivity index (χ0v) is 16.1. The molecule has 1 rings (SSSR count). The van der Waals surface area contributed by atoms with Gasteiger partial charge in [-0.2, -0.15) is 0 Å². The van der Waals surface area contributed by atoms with Gasteiger partial charge < -0.3 is 29.2 Å². The Labute approximate surface area is 154 Å². The first-order valence-corrected chi connectivity index (χ1v) is 9.20. The van der Waals surface area contributed by atoms with Gasteiger partial charge in [-0.1, -0.05) is 27.7 Å². The first kappa shape index (κ1) is 21.7. The van der Waals surface area contributed by atoms with Crippen molar-refractivity contribution in [2.75, 3.05) is 26.4 Å². The van der Waals surface area contributed by atoms with Crippen LogP contribution in [0.5, 0.6) is 28.7 Å². The highest BCUT2D eigenvalue weighted by Gasteiger charge is 2.32. The summed E-state index contributed by atoms with van der Waals surface area (Å²) in [5, 5.41) is 20.8. The first-order valence-electron chi connectivity index (χ1n) is 9.20. The van der Waals surface area contributed by atoms with E-state index in [9.17, 15) is 15.0 Å². The average Bonchev–Trinajstić information content (AvgIpc) is 2.64. The predicted octanol–water partition coefficient (Wildman–Crippen LogP) is 4.03. The lowest BCUT2D eigenvalue weighted by Crippen LogP contribution is -2.13. The van der Waals surface area contributed by atoms with E-state index < -0.39 is 17.5 Å². The number of benzene rings is 1. The average molecular weight is 370 g/mol. The number of carbonyl (C=O) groups is 1. The Hall–Kier alpha value is -2.31. The van der Waals surface area contributed by atoms with Crippen LogP contribution in [0.15, 0.2) is 0 Å². The highest BCUT2D eigenvalue weighted by molar-refractivity contribution is 5.99. The van der Waals surface area contributed by atoms with Crippen molar-refractivity contribution in [2.24, 2.45) is 0 Å². The van der Waals surface area contributed by atoms with Crippen molar-refractivity contribution >= 4 is 5.97 Å². The Morgan fingerprint density at radius 3 is 1.65 bits per heavy atom. The van der Waals surface area contributed by atoms with Crippen LogP contribution in [0.1, 0.15) is 63.7 Å². The number of hydrogen-bond donors (Lipinski definition) is 2. The number of hydrogen-bond acceptors (Lipinski definition) is 7. The van der Waals surface area contributed by atoms with Crippen molar-refractivity contribution in [1.29, 1.82) is 0 Å². The number of ether oxygens (including phenoxy) is 4. The summed E-state index contributed by atoms with van der Waals surface area (Å²) < 4.78 is 22.1. The zero-order valence-electron chi connectivity index (χ0n) is 16.1. The summed E-state index contributed by atoms with van der Waals surface area (Å²) in [5.74, 6) is -1.87. The molecule has 1 aromatic rings.